The minimum Gasteiger partial charge on any atom is -0.368 e. The Morgan fingerprint density at radius 2 is 2.20 bits per heavy atom. The van der Waals surface area contributed by atoms with Crippen molar-refractivity contribution in [3.05, 3.63) is 0 Å². The van der Waals surface area contributed by atoms with E-state index in [2.05, 4.69) is 21.2 Å². The van der Waals surface area contributed by atoms with Crippen molar-refractivity contribution in [2.75, 3.05) is 13.2 Å². The second-order valence-corrected chi connectivity index (χ2v) is 5.63. The van der Waals surface area contributed by atoms with Crippen molar-refractivity contribution in [2.24, 2.45) is 5.92 Å². The number of hydrogen-bond donors (Lipinski definition) is 1. The number of carbonyl (C=O) groups is 1. The summed E-state index contributed by atoms with van der Waals surface area (Å²) in [4.78, 5) is 12.1. The van der Waals surface area contributed by atoms with Crippen LogP contribution in [0.25, 0.3) is 0 Å². The number of rotatable bonds is 4. The largest absolute Gasteiger partial charge is 0.368 e. The van der Waals surface area contributed by atoms with Crippen molar-refractivity contribution < 1.29 is 9.53 Å². The third-order valence-corrected chi connectivity index (χ3v) is 4.15. The van der Waals surface area contributed by atoms with Gasteiger partial charge in [0.25, 0.3) is 0 Å². The third kappa shape index (κ3) is 3.45. The van der Waals surface area contributed by atoms with Crippen LogP contribution in [0.15, 0.2) is 0 Å². The number of carbonyl (C=O) groups excluding carboxylic acids is 1. The standard InChI is InChI=1S/C11H18BrNO2/c12-9(8-4-5-8)7-13-11(14)10-3-1-2-6-15-10/h8-10H,1-7H2,(H,13,14). The summed E-state index contributed by atoms with van der Waals surface area (Å²) in [5, 5.41) is 2.96. The molecule has 4 heteroatoms. The second-order valence-electron chi connectivity index (χ2n) is 4.45. The smallest absolute Gasteiger partial charge is 0.249 e. The molecule has 0 aromatic carbocycles. The molecule has 0 radical (unpaired) electrons. The van der Waals surface area contributed by atoms with Crippen LogP contribution in [0.5, 0.6) is 0 Å². The first-order valence-corrected chi connectivity index (χ1v) is 6.72. The normalized spacial score (nSPS) is 28.5. The third-order valence-electron chi connectivity index (χ3n) is 3.08. The van der Waals surface area contributed by atoms with Gasteiger partial charge in [0, 0.05) is 18.0 Å². The highest BCUT2D eigenvalue weighted by Crippen LogP contribution is 2.36. The molecule has 1 saturated heterocycles. The van der Waals surface area contributed by atoms with Crippen molar-refractivity contribution in [1.29, 1.82) is 0 Å². The van der Waals surface area contributed by atoms with Crippen LogP contribution in [-0.4, -0.2) is 30.0 Å². The lowest BCUT2D eigenvalue weighted by molar-refractivity contribution is -0.135. The average molecular weight is 276 g/mol. The molecule has 0 spiro atoms. The summed E-state index contributed by atoms with van der Waals surface area (Å²) < 4.78 is 5.42. The molecule has 2 aliphatic rings. The van der Waals surface area contributed by atoms with Crippen LogP contribution >= 0.6 is 15.9 Å². The maximum Gasteiger partial charge on any atom is 0.249 e. The molecule has 1 saturated carbocycles. The minimum absolute atomic E-state index is 0.0693. The highest BCUT2D eigenvalue weighted by Gasteiger charge is 2.30. The van der Waals surface area contributed by atoms with Crippen LogP contribution in [-0.2, 0) is 9.53 Å². The topological polar surface area (TPSA) is 38.3 Å². The molecule has 2 atom stereocenters. The van der Waals surface area contributed by atoms with Crippen molar-refractivity contribution in [3.63, 3.8) is 0 Å². The monoisotopic (exact) mass is 275 g/mol. The zero-order chi connectivity index (χ0) is 10.7. The first-order chi connectivity index (χ1) is 7.27. The molecule has 0 bridgehead atoms. The molecule has 2 rings (SSSR count). The number of nitrogens with one attached hydrogen (secondary N) is 1. The van der Waals surface area contributed by atoms with E-state index in [0.717, 1.165) is 38.3 Å². The fraction of sp³-hybridized carbons (Fsp3) is 0.909. The van der Waals surface area contributed by atoms with Crippen LogP contribution < -0.4 is 5.32 Å². The molecule has 86 valence electrons. The quantitative estimate of drug-likeness (QED) is 0.796. The molecule has 0 aromatic rings. The maximum atomic E-state index is 11.7. The lowest BCUT2D eigenvalue weighted by atomic mass is 10.1. The van der Waals surface area contributed by atoms with E-state index >= 15 is 0 Å². The van der Waals surface area contributed by atoms with Crippen molar-refractivity contribution in [3.8, 4) is 0 Å². The molecule has 1 heterocycles. The summed E-state index contributed by atoms with van der Waals surface area (Å²) >= 11 is 3.60. The number of alkyl halides is 1. The SMILES string of the molecule is O=C(NCC(Br)C1CC1)C1CCCCO1. The van der Waals surface area contributed by atoms with Crippen molar-refractivity contribution >= 4 is 21.8 Å². The van der Waals surface area contributed by atoms with Gasteiger partial charge in [-0.05, 0) is 38.0 Å². The summed E-state index contributed by atoms with van der Waals surface area (Å²) in [5.74, 6) is 0.845. The molecule has 1 amide bonds. The van der Waals surface area contributed by atoms with Gasteiger partial charge in [0.05, 0.1) is 0 Å². The molecule has 15 heavy (non-hydrogen) atoms. The van der Waals surface area contributed by atoms with E-state index in [9.17, 15) is 4.79 Å². The van der Waals surface area contributed by atoms with Crippen LogP contribution in [0.4, 0.5) is 0 Å². The van der Waals surface area contributed by atoms with Gasteiger partial charge in [0.1, 0.15) is 6.10 Å². The van der Waals surface area contributed by atoms with Gasteiger partial charge >= 0.3 is 0 Å². The predicted octanol–water partition coefficient (Wildman–Crippen LogP) is 1.85. The van der Waals surface area contributed by atoms with E-state index in [0.29, 0.717) is 4.83 Å². The molecule has 1 N–H and O–H groups in total. The van der Waals surface area contributed by atoms with Crippen LogP contribution in [0, 0.1) is 5.92 Å². The zero-order valence-electron chi connectivity index (χ0n) is 8.88. The van der Waals surface area contributed by atoms with Gasteiger partial charge in [-0.15, -0.1) is 0 Å². The van der Waals surface area contributed by atoms with Gasteiger partial charge < -0.3 is 10.1 Å². The molecule has 1 aliphatic heterocycles. The van der Waals surface area contributed by atoms with Crippen LogP contribution in [0.3, 0.4) is 0 Å². The Bertz CT molecular complexity index is 225. The summed E-state index contributed by atoms with van der Waals surface area (Å²) in [6.07, 6.45) is 5.48. The Hall–Kier alpha value is -0.0900. The first kappa shape index (κ1) is 11.4. The Kier molecular flexibility index (Phi) is 4.03. The highest BCUT2D eigenvalue weighted by molar-refractivity contribution is 9.09. The Morgan fingerprint density at radius 1 is 1.40 bits per heavy atom. The van der Waals surface area contributed by atoms with Gasteiger partial charge in [0.15, 0.2) is 0 Å². The van der Waals surface area contributed by atoms with E-state index in [-0.39, 0.29) is 12.0 Å². The van der Waals surface area contributed by atoms with Gasteiger partial charge in [-0.2, -0.15) is 0 Å². The lowest BCUT2D eigenvalue weighted by Crippen LogP contribution is -2.40. The van der Waals surface area contributed by atoms with Gasteiger partial charge in [-0.1, -0.05) is 15.9 Å². The molecule has 0 aromatic heterocycles. The lowest BCUT2D eigenvalue weighted by Gasteiger charge is -2.22. The Balaban J connectivity index is 1.66. The number of hydrogen-bond acceptors (Lipinski definition) is 2. The second kappa shape index (κ2) is 5.30. The van der Waals surface area contributed by atoms with Gasteiger partial charge in [-0.25, -0.2) is 0 Å². The van der Waals surface area contributed by atoms with E-state index in [4.69, 9.17) is 4.74 Å². The molecule has 2 unspecified atom stereocenters. The number of halogens is 1. The molecular formula is C11H18BrNO2. The van der Waals surface area contributed by atoms with E-state index in [1.807, 2.05) is 0 Å². The fourth-order valence-electron chi connectivity index (χ4n) is 1.88. The van der Waals surface area contributed by atoms with E-state index in [1.54, 1.807) is 0 Å². The Morgan fingerprint density at radius 3 is 2.80 bits per heavy atom. The highest BCUT2D eigenvalue weighted by atomic mass is 79.9. The summed E-state index contributed by atoms with van der Waals surface area (Å²) in [6, 6.07) is 0. The summed E-state index contributed by atoms with van der Waals surface area (Å²) in [5.41, 5.74) is 0. The summed E-state index contributed by atoms with van der Waals surface area (Å²) in [7, 11) is 0. The van der Waals surface area contributed by atoms with E-state index < -0.39 is 0 Å². The predicted molar refractivity (Wildman–Crippen MR) is 62.0 cm³/mol. The van der Waals surface area contributed by atoms with Crippen molar-refractivity contribution in [2.45, 2.75) is 43.0 Å². The summed E-state index contributed by atoms with van der Waals surface area (Å²) in [6.45, 7) is 1.47. The van der Waals surface area contributed by atoms with Gasteiger partial charge in [-0.3, -0.25) is 4.79 Å². The minimum atomic E-state index is -0.197. The average Bonchev–Trinajstić information content (AvgIpc) is 3.10. The van der Waals surface area contributed by atoms with Crippen molar-refractivity contribution in [1.82, 2.24) is 5.32 Å². The zero-order valence-corrected chi connectivity index (χ0v) is 10.5. The van der Waals surface area contributed by atoms with Crippen LogP contribution in [0.2, 0.25) is 0 Å². The number of amides is 1. The Labute approximate surface area is 99.1 Å². The van der Waals surface area contributed by atoms with E-state index in [1.165, 1.54) is 12.8 Å². The number of ether oxygens (including phenoxy) is 1. The molecule has 2 fully saturated rings. The molecule has 1 aliphatic carbocycles. The molecule has 3 nitrogen and oxygen atoms in total. The fourth-order valence-corrected chi connectivity index (χ4v) is 2.57. The van der Waals surface area contributed by atoms with Gasteiger partial charge in [0.2, 0.25) is 5.91 Å². The van der Waals surface area contributed by atoms with Crippen LogP contribution in [0.1, 0.15) is 32.1 Å². The molecular weight excluding hydrogens is 258 g/mol. The maximum absolute atomic E-state index is 11.7. The first-order valence-electron chi connectivity index (χ1n) is 5.81.